The van der Waals surface area contributed by atoms with Gasteiger partial charge in [-0.25, -0.2) is 4.39 Å². The Morgan fingerprint density at radius 1 is 1.41 bits per heavy atom. The summed E-state index contributed by atoms with van der Waals surface area (Å²) in [4.78, 5) is 1.97. The molecule has 0 aliphatic heterocycles. The molecule has 0 aromatic heterocycles. The van der Waals surface area contributed by atoms with Gasteiger partial charge in [-0.1, -0.05) is 12.1 Å². The Balaban J connectivity index is 2.98. The fourth-order valence-corrected chi connectivity index (χ4v) is 1.94. The molecule has 0 saturated carbocycles. The molecule has 3 nitrogen and oxygen atoms in total. The van der Waals surface area contributed by atoms with Gasteiger partial charge in [-0.2, -0.15) is 0 Å². The van der Waals surface area contributed by atoms with Crippen LogP contribution in [0.2, 0.25) is 0 Å². The normalized spacial score (nSPS) is 10.6. The predicted molar refractivity (Wildman–Crippen MR) is 68.8 cm³/mol. The van der Waals surface area contributed by atoms with E-state index in [1.54, 1.807) is 6.07 Å². The van der Waals surface area contributed by atoms with Crippen LogP contribution in [0.4, 0.5) is 10.1 Å². The van der Waals surface area contributed by atoms with Gasteiger partial charge in [-0.05, 0) is 32.0 Å². The maximum absolute atomic E-state index is 13.9. The summed E-state index contributed by atoms with van der Waals surface area (Å²) < 4.78 is 13.9. The summed E-state index contributed by atoms with van der Waals surface area (Å²) in [6.45, 7) is 4.17. The van der Waals surface area contributed by atoms with E-state index in [9.17, 15) is 4.39 Å². The minimum Gasteiger partial charge on any atom is -0.396 e. The lowest BCUT2D eigenvalue weighted by molar-refractivity contribution is 0.289. The second-order valence-electron chi connectivity index (χ2n) is 3.93. The Labute approximate surface area is 102 Å². The lowest BCUT2D eigenvalue weighted by Gasteiger charge is -2.26. The first-order valence-corrected chi connectivity index (χ1v) is 6.02. The van der Waals surface area contributed by atoms with Crippen molar-refractivity contribution >= 4 is 5.69 Å². The van der Waals surface area contributed by atoms with E-state index >= 15 is 0 Å². The highest BCUT2D eigenvalue weighted by molar-refractivity contribution is 5.54. The summed E-state index contributed by atoms with van der Waals surface area (Å²) in [6, 6.07) is 5.14. The highest BCUT2D eigenvalue weighted by Gasteiger charge is 2.13. The number of para-hydroxylation sites is 1. The zero-order valence-electron chi connectivity index (χ0n) is 10.5. The zero-order valence-corrected chi connectivity index (χ0v) is 10.5. The van der Waals surface area contributed by atoms with Gasteiger partial charge in [0.25, 0.3) is 0 Å². The third-order valence-electron chi connectivity index (χ3n) is 2.72. The smallest absolute Gasteiger partial charge is 0.146 e. The number of aliphatic hydroxyl groups excluding tert-OH is 1. The standard InChI is InChI=1S/C13H21FN2O/c1-3-16(8-5-9-17)13-11(10-15-2)6-4-7-12(13)14/h4,6-7,15,17H,3,5,8-10H2,1-2H3. The number of rotatable bonds is 7. The van der Waals surface area contributed by atoms with Crippen molar-refractivity contribution in [3.8, 4) is 0 Å². The lowest BCUT2D eigenvalue weighted by Crippen LogP contribution is -2.27. The van der Waals surface area contributed by atoms with Crippen LogP contribution in [0.3, 0.4) is 0 Å². The van der Waals surface area contributed by atoms with Crippen LogP contribution in [0, 0.1) is 5.82 Å². The van der Waals surface area contributed by atoms with Crippen molar-refractivity contribution in [1.82, 2.24) is 5.32 Å². The monoisotopic (exact) mass is 240 g/mol. The summed E-state index contributed by atoms with van der Waals surface area (Å²) in [5.41, 5.74) is 1.60. The van der Waals surface area contributed by atoms with Crippen molar-refractivity contribution in [2.24, 2.45) is 0 Å². The molecule has 0 heterocycles. The molecule has 0 aliphatic rings. The topological polar surface area (TPSA) is 35.5 Å². The first kappa shape index (κ1) is 13.9. The Morgan fingerprint density at radius 2 is 2.18 bits per heavy atom. The van der Waals surface area contributed by atoms with Crippen LogP contribution >= 0.6 is 0 Å². The van der Waals surface area contributed by atoms with Gasteiger partial charge in [0.2, 0.25) is 0 Å². The Kier molecular flexibility index (Phi) is 5.94. The van der Waals surface area contributed by atoms with Gasteiger partial charge in [-0.3, -0.25) is 0 Å². The van der Waals surface area contributed by atoms with Crippen molar-refractivity contribution in [3.05, 3.63) is 29.6 Å². The fourth-order valence-electron chi connectivity index (χ4n) is 1.94. The molecule has 0 fully saturated rings. The molecule has 4 heteroatoms. The predicted octanol–water partition coefficient (Wildman–Crippen LogP) is 1.75. The van der Waals surface area contributed by atoms with Crippen molar-refractivity contribution in [2.75, 3.05) is 31.6 Å². The molecule has 17 heavy (non-hydrogen) atoms. The minimum absolute atomic E-state index is 0.131. The second kappa shape index (κ2) is 7.25. The van der Waals surface area contributed by atoms with Crippen molar-refractivity contribution in [1.29, 1.82) is 0 Å². The van der Waals surface area contributed by atoms with E-state index in [-0.39, 0.29) is 12.4 Å². The SMILES string of the molecule is CCN(CCCO)c1c(F)cccc1CNC. The Morgan fingerprint density at radius 3 is 2.76 bits per heavy atom. The Bertz CT molecular complexity index is 344. The van der Waals surface area contributed by atoms with Gasteiger partial charge in [-0.15, -0.1) is 0 Å². The van der Waals surface area contributed by atoms with Gasteiger partial charge in [0.05, 0.1) is 5.69 Å². The van der Waals surface area contributed by atoms with Crippen LogP contribution in [0.15, 0.2) is 18.2 Å². The second-order valence-corrected chi connectivity index (χ2v) is 3.93. The van der Waals surface area contributed by atoms with E-state index < -0.39 is 0 Å². The number of aliphatic hydroxyl groups is 1. The van der Waals surface area contributed by atoms with E-state index in [0.717, 1.165) is 12.1 Å². The highest BCUT2D eigenvalue weighted by atomic mass is 19.1. The number of benzene rings is 1. The van der Waals surface area contributed by atoms with Gasteiger partial charge in [0, 0.05) is 26.2 Å². The van der Waals surface area contributed by atoms with Gasteiger partial charge >= 0.3 is 0 Å². The maximum atomic E-state index is 13.9. The van der Waals surface area contributed by atoms with Gasteiger partial charge < -0.3 is 15.3 Å². The Hall–Kier alpha value is -1.13. The zero-order chi connectivity index (χ0) is 12.7. The average Bonchev–Trinajstić information content (AvgIpc) is 2.33. The summed E-state index contributed by atoms with van der Waals surface area (Å²) in [6.07, 6.45) is 0.654. The van der Waals surface area contributed by atoms with Crippen LogP contribution in [-0.2, 0) is 6.54 Å². The average molecular weight is 240 g/mol. The van der Waals surface area contributed by atoms with Crippen LogP contribution in [-0.4, -0.2) is 31.9 Å². The first-order valence-electron chi connectivity index (χ1n) is 6.02. The molecule has 0 bridgehead atoms. The number of halogens is 1. The molecule has 0 spiro atoms. The highest BCUT2D eigenvalue weighted by Crippen LogP contribution is 2.24. The summed E-state index contributed by atoms with van der Waals surface area (Å²) in [5, 5.41) is 11.9. The fraction of sp³-hybridized carbons (Fsp3) is 0.538. The van der Waals surface area contributed by atoms with Crippen molar-refractivity contribution < 1.29 is 9.50 Å². The molecule has 0 atom stereocenters. The minimum atomic E-state index is -0.197. The molecule has 0 amide bonds. The molecule has 1 rings (SSSR count). The van der Waals surface area contributed by atoms with Crippen molar-refractivity contribution in [3.63, 3.8) is 0 Å². The summed E-state index contributed by atoms with van der Waals surface area (Å²) in [7, 11) is 1.85. The maximum Gasteiger partial charge on any atom is 0.146 e. The number of nitrogens with one attached hydrogen (secondary N) is 1. The van der Waals surface area contributed by atoms with Crippen LogP contribution in [0.25, 0.3) is 0 Å². The molecular formula is C13H21FN2O. The van der Waals surface area contributed by atoms with Gasteiger partial charge in [0.15, 0.2) is 0 Å². The van der Waals surface area contributed by atoms with E-state index in [1.807, 2.05) is 24.9 Å². The molecule has 1 aromatic rings. The molecule has 0 saturated heterocycles. The van der Waals surface area contributed by atoms with E-state index in [2.05, 4.69) is 5.32 Å². The van der Waals surface area contributed by atoms with Gasteiger partial charge in [0.1, 0.15) is 5.82 Å². The number of anilines is 1. The third kappa shape index (κ3) is 3.68. The van der Waals surface area contributed by atoms with Crippen LogP contribution in [0.1, 0.15) is 18.9 Å². The number of hydrogen-bond donors (Lipinski definition) is 2. The van der Waals surface area contributed by atoms with E-state index in [4.69, 9.17) is 5.11 Å². The quantitative estimate of drug-likeness (QED) is 0.762. The van der Waals surface area contributed by atoms with E-state index in [1.165, 1.54) is 6.07 Å². The molecule has 96 valence electrons. The molecular weight excluding hydrogens is 219 g/mol. The summed E-state index contributed by atoms with van der Waals surface area (Å²) >= 11 is 0. The molecule has 0 aliphatic carbocycles. The lowest BCUT2D eigenvalue weighted by atomic mass is 10.1. The first-order chi connectivity index (χ1) is 8.24. The third-order valence-corrected chi connectivity index (χ3v) is 2.72. The van der Waals surface area contributed by atoms with E-state index in [0.29, 0.717) is 25.2 Å². The molecule has 2 N–H and O–H groups in total. The van der Waals surface area contributed by atoms with Crippen LogP contribution < -0.4 is 10.2 Å². The number of nitrogens with zero attached hydrogens (tertiary/aromatic N) is 1. The van der Waals surface area contributed by atoms with Crippen molar-refractivity contribution in [2.45, 2.75) is 19.9 Å². The largest absolute Gasteiger partial charge is 0.396 e. The number of hydrogen-bond acceptors (Lipinski definition) is 3. The molecule has 0 unspecified atom stereocenters. The molecule has 1 aromatic carbocycles. The summed E-state index contributed by atoms with van der Waals surface area (Å²) in [5.74, 6) is -0.197. The molecule has 0 radical (unpaired) electrons. The van der Waals surface area contributed by atoms with Crippen LogP contribution in [0.5, 0.6) is 0 Å².